The van der Waals surface area contributed by atoms with E-state index in [1.54, 1.807) is 0 Å². The Balaban J connectivity index is 1.94. The molecule has 0 spiro atoms. The lowest BCUT2D eigenvalue weighted by Crippen LogP contribution is -2.40. The highest BCUT2D eigenvalue weighted by Crippen LogP contribution is 2.29. The number of rotatable bonds is 3. The van der Waals surface area contributed by atoms with E-state index in [-0.39, 0.29) is 0 Å². The fourth-order valence-electron chi connectivity index (χ4n) is 3.16. The smallest absolute Gasteiger partial charge is 0.0210 e. The minimum Gasteiger partial charge on any atom is -0.310 e. The second-order valence-corrected chi connectivity index (χ2v) is 6.18. The van der Waals surface area contributed by atoms with Crippen LogP contribution in [-0.2, 0) is 6.54 Å². The molecule has 1 nitrogen and oxygen atoms in total. The molecular formula is C17H27N. The summed E-state index contributed by atoms with van der Waals surface area (Å²) >= 11 is 0. The van der Waals surface area contributed by atoms with Crippen molar-refractivity contribution in [1.82, 2.24) is 5.32 Å². The maximum atomic E-state index is 3.78. The summed E-state index contributed by atoms with van der Waals surface area (Å²) in [4.78, 5) is 0. The summed E-state index contributed by atoms with van der Waals surface area (Å²) in [5.41, 5.74) is 4.22. The lowest BCUT2D eigenvalue weighted by molar-refractivity contribution is 0.206. The van der Waals surface area contributed by atoms with E-state index in [0.717, 1.165) is 18.4 Å². The highest BCUT2D eigenvalue weighted by molar-refractivity contribution is 5.30. The van der Waals surface area contributed by atoms with Crippen molar-refractivity contribution >= 4 is 0 Å². The van der Waals surface area contributed by atoms with Crippen LogP contribution in [0.4, 0.5) is 0 Å². The molecule has 1 saturated carbocycles. The zero-order valence-corrected chi connectivity index (χ0v) is 12.3. The summed E-state index contributed by atoms with van der Waals surface area (Å²) in [6.07, 6.45) is 4.13. The van der Waals surface area contributed by atoms with E-state index in [9.17, 15) is 0 Å². The third-order valence-corrected chi connectivity index (χ3v) is 4.76. The Labute approximate surface area is 112 Å². The molecule has 1 aromatic carbocycles. The predicted octanol–water partition coefficient (Wildman–Crippen LogP) is 4.22. The SMILES string of the molecule is Cc1ccc(CNC2CCCC(C)C2C)c(C)c1. The average Bonchev–Trinajstić information content (AvgIpc) is 2.33. The van der Waals surface area contributed by atoms with E-state index in [4.69, 9.17) is 0 Å². The van der Waals surface area contributed by atoms with Gasteiger partial charge in [-0.3, -0.25) is 0 Å². The van der Waals surface area contributed by atoms with Gasteiger partial charge in [-0.1, -0.05) is 50.5 Å². The summed E-state index contributed by atoms with van der Waals surface area (Å²) in [7, 11) is 0. The molecule has 1 aliphatic rings. The Morgan fingerprint density at radius 1 is 1.17 bits per heavy atom. The third-order valence-electron chi connectivity index (χ3n) is 4.76. The van der Waals surface area contributed by atoms with Gasteiger partial charge in [-0.2, -0.15) is 0 Å². The van der Waals surface area contributed by atoms with Crippen molar-refractivity contribution < 1.29 is 0 Å². The van der Waals surface area contributed by atoms with Crippen molar-refractivity contribution in [2.45, 2.75) is 59.5 Å². The zero-order chi connectivity index (χ0) is 13.1. The van der Waals surface area contributed by atoms with Gasteiger partial charge in [-0.25, -0.2) is 0 Å². The number of hydrogen-bond acceptors (Lipinski definition) is 1. The van der Waals surface area contributed by atoms with Gasteiger partial charge in [0.05, 0.1) is 0 Å². The Kier molecular flexibility index (Phi) is 4.45. The molecule has 18 heavy (non-hydrogen) atoms. The van der Waals surface area contributed by atoms with Crippen LogP contribution in [0.25, 0.3) is 0 Å². The molecule has 2 rings (SSSR count). The molecule has 1 N–H and O–H groups in total. The van der Waals surface area contributed by atoms with Gasteiger partial charge >= 0.3 is 0 Å². The second kappa shape index (κ2) is 5.88. The first-order valence-corrected chi connectivity index (χ1v) is 7.37. The van der Waals surface area contributed by atoms with Crippen molar-refractivity contribution in [2.75, 3.05) is 0 Å². The quantitative estimate of drug-likeness (QED) is 0.841. The molecule has 1 heteroatoms. The normalized spacial score (nSPS) is 28.3. The second-order valence-electron chi connectivity index (χ2n) is 6.18. The lowest BCUT2D eigenvalue weighted by atomic mass is 9.78. The molecule has 100 valence electrons. The van der Waals surface area contributed by atoms with Crippen molar-refractivity contribution in [3.8, 4) is 0 Å². The van der Waals surface area contributed by atoms with E-state index in [0.29, 0.717) is 6.04 Å². The Morgan fingerprint density at radius 3 is 2.67 bits per heavy atom. The topological polar surface area (TPSA) is 12.0 Å². The van der Waals surface area contributed by atoms with Gasteiger partial charge < -0.3 is 5.32 Å². The predicted molar refractivity (Wildman–Crippen MR) is 78.7 cm³/mol. The molecule has 1 fully saturated rings. The van der Waals surface area contributed by atoms with Gasteiger partial charge in [0.2, 0.25) is 0 Å². The van der Waals surface area contributed by atoms with Crippen molar-refractivity contribution in [3.05, 3.63) is 34.9 Å². The first kappa shape index (κ1) is 13.6. The van der Waals surface area contributed by atoms with Crippen LogP contribution in [0.15, 0.2) is 18.2 Å². The Hall–Kier alpha value is -0.820. The highest BCUT2D eigenvalue weighted by atomic mass is 14.9. The van der Waals surface area contributed by atoms with Crippen LogP contribution < -0.4 is 5.32 Å². The lowest BCUT2D eigenvalue weighted by Gasteiger charge is -2.35. The van der Waals surface area contributed by atoms with Crippen LogP contribution >= 0.6 is 0 Å². The fraction of sp³-hybridized carbons (Fsp3) is 0.647. The van der Waals surface area contributed by atoms with E-state index in [2.05, 4.69) is 51.2 Å². The zero-order valence-electron chi connectivity index (χ0n) is 12.3. The van der Waals surface area contributed by atoms with Crippen LogP contribution in [-0.4, -0.2) is 6.04 Å². The molecule has 0 aromatic heterocycles. The molecule has 0 amide bonds. The van der Waals surface area contributed by atoms with E-state index < -0.39 is 0 Å². The summed E-state index contributed by atoms with van der Waals surface area (Å²) in [6.45, 7) is 10.2. The van der Waals surface area contributed by atoms with Crippen LogP contribution in [0, 0.1) is 25.7 Å². The summed E-state index contributed by atoms with van der Waals surface area (Å²) in [5.74, 6) is 1.68. The van der Waals surface area contributed by atoms with Crippen LogP contribution in [0.2, 0.25) is 0 Å². The van der Waals surface area contributed by atoms with E-state index in [1.807, 2.05) is 0 Å². The first-order chi connectivity index (χ1) is 8.58. The first-order valence-electron chi connectivity index (χ1n) is 7.37. The van der Waals surface area contributed by atoms with Crippen molar-refractivity contribution in [2.24, 2.45) is 11.8 Å². The monoisotopic (exact) mass is 245 g/mol. The molecule has 0 aliphatic heterocycles. The minimum atomic E-state index is 0.703. The number of benzene rings is 1. The van der Waals surface area contributed by atoms with Crippen molar-refractivity contribution in [3.63, 3.8) is 0 Å². The van der Waals surface area contributed by atoms with Gasteiger partial charge in [0.15, 0.2) is 0 Å². The number of aryl methyl sites for hydroxylation is 2. The largest absolute Gasteiger partial charge is 0.310 e. The molecule has 3 unspecified atom stereocenters. The standard InChI is InChI=1S/C17H27N/c1-12-8-9-16(14(3)10-12)11-18-17-7-5-6-13(2)15(17)4/h8-10,13,15,17-18H,5-7,11H2,1-4H3. The molecule has 3 atom stereocenters. The maximum absolute atomic E-state index is 3.78. The number of nitrogens with one attached hydrogen (secondary N) is 1. The Bertz CT molecular complexity index is 397. The third kappa shape index (κ3) is 3.14. The number of hydrogen-bond donors (Lipinski definition) is 1. The van der Waals surface area contributed by atoms with Crippen molar-refractivity contribution in [1.29, 1.82) is 0 Å². The Morgan fingerprint density at radius 2 is 1.94 bits per heavy atom. The molecule has 1 aromatic rings. The average molecular weight is 245 g/mol. The summed E-state index contributed by atoms with van der Waals surface area (Å²) < 4.78 is 0. The molecule has 0 radical (unpaired) electrons. The van der Waals surface area contributed by atoms with Crippen LogP contribution in [0.5, 0.6) is 0 Å². The van der Waals surface area contributed by atoms with Gasteiger partial charge in [0, 0.05) is 12.6 Å². The van der Waals surface area contributed by atoms with E-state index >= 15 is 0 Å². The van der Waals surface area contributed by atoms with Gasteiger partial charge in [0.1, 0.15) is 0 Å². The summed E-state index contributed by atoms with van der Waals surface area (Å²) in [6, 6.07) is 7.48. The van der Waals surface area contributed by atoms with Gasteiger partial charge in [-0.05, 0) is 43.2 Å². The molecule has 0 heterocycles. The van der Waals surface area contributed by atoms with Crippen LogP contribution in [0.3, 0.4) is 0 Å². The molecule has 1 aliphatic carbocycles. The highest BCUT2D eigenvalue weighted by Gasteiger charge is 2.26. The van der Waals surface area contributed by atoms with Gasteiger partial charge in [-0.15, -0.1) is 0 Å². The summed E-state index contributed by atoms with van der Waals surface area (Å²) in [5, 5.41) is 3.78. The molecule has 0 bridgehead atoms. The fourth-order valence-corrected chi connectivity index (χ4v) is 3.16. The molecular weight excluding hydrogens is 218 g/mol. The molecule has 0 saturated heterocycles. The minimum absolute atomic E-state index is 0.703. The van der Waals surface area contributed by atoms with Gasteiger partial charge in [0.25, 0.3) is 0 Å². The maximum Gasteiger partial charge on any atom is 0.0210 e. The van der Waals surface area contributed by atoms with E-state index in [1.165, 1.54) is 36.0 Å². The van der Waals surface area contributed by atoms with Crippen LogP contribution in [0.1, 0.15) is 49.8 Å².